The molecule has 0 saturated heterocycles. The predicted octanol–water partition coefficient (Wildman–Crippen LogP) is 2.61. The lowest BCUT2D eigenvalue weighted by atomic mass is 10.1. The van der Waals surface area contributed by atoms with E-state index >= 15 is 0 Å². The van der Waals surface area contributed by atoms with Crippen LogP contribution in [-0.2, 0) is 9.59 Å². The van der Waals surface area contributed by atoms with Gasteiger partial charge in [0.15, 0.2) is 0 Å². The molecule has 2 unspecified atom stereocenters. The van der Waals surface area contributed by atoms with Crippen LogP contribution < -0.4 is 10.1 Å². The van der Waals surface area contributed by atoms with Crippen LogP contribution in [0.15, 0.2) is 12.1 Å². The number of amides is 1. The third kappa shape index (κ3) is 2.48. The molecule has 0 bridgehead atoms. The smallest absolute Gasteiger partial charge is 0.307 e. The van der Waals surface area contributed by atoms with Crippen molar-refractivity contribution in [1.82, 2.24) is 0 Å². The van der Waals surface area contributed by atoms with E-state index in [1.165, 1.54) is 0 Å². The fourth-order valence-electron chi connectivity index (χ4n) is 3.08. The summed E-state index contributed by atoms with van der Waals surface area (Å²) in [5.41, 5.74) is 1.99. The first kappa shape index (κ1) is 15.4. The summed E-state index contributed by atoms with van der Waals surface area (Å²) in [6, 6.07) is 3.68. The second-order valence-electron chi connectivity index (χ2n) is 6.19. The molecule has 0 heterocycles. The molecule has 5 nitrogen and oxygen atoms in total. The van der Waals surface area contributed by atoms with Crippen molar-refractivity contribution >= 4 is 17.6 Å². The Bertz CT molecular complexity index is 607. The van der Waals surface area contributed by atoms with Gasteiger partial charge >= 0.3 is 5.97 Å². The van der Waals surface area contributed by atoms with Crippen molar-refractivity contribution < 1.29 is 19.4 Å². The van der Waals surface area contributed by atoms with E-state index < -0.39 is 23.2 Å². The Morgan fingerprint density at radius 3 is 2.33 bits per heavy atom. The third-order valence-electron chi connectivity index (χ3n) is 4.44. The summed E-state index contributed by atoms with van der Waals surface area (Å²) >= 11 is 0. The van der Waals surface area contributed by atoms with Crippen molar-refractivity contribution in [3.63, 3.8) is 0 Å². The molecule has 2 rings (SSSR count). The molecule has 114 valence electrons. The van der Waals surface area contributed by atoms with Gasteiger partial charge in [-0.3, -0.25) is 9.59 Å². The van der Waals surface area contributed by atoms with E-state index in [-0.39, 0.29) is 5.91 Å². The lowest BCUT2D eigenvalue weighted by Gasteiger charge is -2.14. The van der Waals surface area contributed by atoms with Crippen molar-refractivity contribution in [2.75, 3.05) is 12.4 Å². The third-order valence-corrected chi connectivity index (χ3v) is 4.44. The molecular weight excluding hydrogens is 270 g/mol. The zero-order valence-electron chi connectivity index (χ0n) is 13.0. The van der Waals surface area contributed by atoms with Gasteiger partial charge in [0.25, 0.3) is 0 Å². The number of nitrogens with one attached hydrogen (secondary N) is 1. The van der Waals surface area contributed by atoms with E-state index in [4.69, 9.17) is 9.84 Å². The summed E-state index contributed by atoms with van der Waals surface area (Å²) in [5, 5.41) is 12.0. The van der Waals surface area contributed by atoms with Crippen LogP contribution in [0.4, 0.5) is 5.69 Å². The molecule has 5 heteroatoms. The molecule has 1 aromatic carbocycles. The molecule has 2 atom stereocenters. The molecule has 2 N–H and O–H groups in total. The lowest BCUT2D eigenvalue weighted by molar-refractivity contribution is -0.140. The zero-order valence-corrected chi connectivity index (χ0v) is 13.0. The minimum Gasteiger partial charge on any atom is -0.496 e. The Kier molecular flexibility index (Phi) is 3.70. The fraction of sp³-hybridized carbons (Fsp3) is 0.500. The van der Waals surface area contributed by atoms with E-state index in [9.17, 15) is 9.59 Å². The summed E-state index contributed by atoms with van der Waals surface area (Å²) in [7, 11) is 1.59. The summed E-state index contributed by atoms with van der Waals surface area (Å²) in [6.07, 6.45) is 0. The van der Waals surface area contributed by atoms with Gasteiger partial charge in [-0.2, -0.15) is 0 Å². The molecule has 0 aliphatic heterocycles. The maximum Gasteiger partial charge on any atom is 0.307 e. The number of methoxy groups -OCH3 is 1. The maximum absolute atomic E-state index is 12.3. The molecule has 1 aliphatic rings. The molecule has 0 aromatic heterocycles. The minimum atomic E-state index is -0.918. The number of benzene rings is 1. The van der Waals surface area contributed by atoms with Crippen molar-refractivity contribution in [2.45, 2.75) is 27.7 Å². The largest absolute Gasteiger partial charge is 0.496 e. The average molecular weight is 291 g/mol. The quantitative estimate of drug-likeness (QED) is 0.894. The Morgan fingerprint density at radius 2 is 1.86 bits per heavy atom. The predicted molar refractivity (Wildman–Crippen MR) is 79.5 cm³/mol. The van der Waals surface area contributed by atoms with Crippen LogP contribution >= 0.6 is 0 Å². The second kappa shape index (κ2) is 5.06. The molecule has 0 spiro atoms. The summed E-state index contributed by atoms with van der Waals surface area (Å²) in [5.74, 6) is -1.55. The number of carbonyl (C=O) groups is 2. The van der Waals surface area contributed by atoms with Gasteiger partial charge in [0, 0.05) is 11.3 Å². The van der Waals surface area contributed by atoms with E-state index in [0.717, 1.165) is 16.9 Å². The van der Waals surface area contributed by atoms with Gasteiger partial charge in [-0.25, -0.2) is 0 Å². The van der Waals surface area contributed by atoms with Gasteiger partial charge in [0.2, 0.25) is 5.91 Å². The van der Waals surface area contributed by atoms with Crippen molar-refractivity contribution in [2.24, 2.45) is 17.3 Å². The van der Waals surface area contributed by atoms with Gasteiger partial charge in [-0.1, -0.05) is 19.9 Å². The topological polar surface area (TPSA) is 75.6 Å². The van der Waals surface area contributed by atoms with Gasteiger partial charge in [0.05, 0.1) is 18.9 Å². The van der Waals surface area contributed by atoms with Gasteiger partial charge < -0.3 is 15.2 Å². The molecule has 0 radical (unpaired) electrons. The van der Waals surface area contributed by atoms with E-state index in [1.54, 1.807) is 21.0 Å². The molecule has 1 fully saturated rings. The lowest BCUT2D eigenvalue weighted by Crippen LogP contribution is -2.18. The Balaban J connectivity index is 2.21. The highest BCUT2D eigenvalue weighted by molar-refractivity contribution is 6.00. The Morgan fingerprint density at radius 1 is 1.24 bits per heavy atom. The zero-order chi connectivity index (χ0) is 15.9. The maximum atomic E-state index is 12.3. The van der Waals surface area contributed by atoms with E-state index in [1.807, 2.05) is 26.0 Å². The molecular formula is C16H21NO4. The van der Waals surface area contributed by atoms with Gasteiger partial charge in [-0.05, 0) is 30.9 Å². The number of hydrogen-bond acceptors (Lipinski definition) is 3. The first-order chi connectivity index (χ1) is 9.71. The number of aliphatic carboxylic acids is 1. The number of aryl methyl sites for hydroxylation is 1. The number of hydrogen-bond donors (Lipinski definition) is 2. The van der Waals surface area contributed by atoms with E-state index in [2.05, 4.69) is 5.32 Å². The van der Waals surface area contributed by atoms with Gasteiger partial charge in [0.1, 0.15) is 5.75 Å². The number of carbonyl (C=O) groups excluding carboxylic acids is 1. The summed E-state index contributed by atoms with van der Waals surface area (Å²) in [6.45, 7) is 7.41. The number of carboxylic acids is 1. The monoisotopic (exact) mass is 291 g/mol. The van der Waals surface area contributed by atoms with E-state index in [0.29, 0.717) is 5.69 Å². The van der Waals surface area contributed by atoms with Gasteiger partial charge in [-0.15, -0.1) is 0 Å². The number of ether oxygens (including phenoxy) is 1. The Labute approximate surface area is 124 Å². The van der Waals surface area contributed by atoms with Crippen molar-refractivity contribution in [3.8, 4) is 5.75 Å². The molecule has 1 amide bonds. The standard InChI is InChI=1S/C16H21NO4/c1-8-6-7-10(9(2)13(8)21-5)17-14(18)11-12(15(19)20)16(11,3)4/h6-7,11-12H,1-5H3,(H,17,18)(H,19,20). The number of rotatable bonds is 4. The average Bonchev–Trinajstić information content (AvgIpc) is 2.97. The fourth-order valence-corrected chi connectivity index (χ4v) is 3.08. The van der Waals surface area contributed by atoms with Crippen LogP contribution in [0, 0.1) is 31.1 Å². The van der Waals surface area contributed by atoms with Crippen LogP contribution in [0.25, 0.3) is 0 Å². The Hall–Kier alpha value is -2.04. The summed E-state index contributed by atoms with van der Waals surface area (Å²) < 4.78 is 5.33. The minimum absolute atomic E-state index is 0.249. The molecule has 1 aromatic rings. The summed E-state index contributed by atoms with van der Waals surface area (Å²) in [4.78, 5) is 23.5. The first-order valence-electron chi connectivity index (χ1n) is 6.89. The highest BCUT2D eigenvalue weighted by atomic mass is 16.5. The molecule has 1 saturated carbocycles. The molecule has 1 aliphatic carbocycles. The number of carboxylic acid groups (broad SMARTS) is 1. The van der Waals surface area contributed by atoms with Crippen LogP contribution in [-0.4, -0.2) is 24.1 Å². The second-order valence-corrected chi connectivity index (χ2v) is 6.19. The first-order valence-corrected chi connectivity index (χ1v) is 6.89. The highest BCUT2D eigenvalue weighted by Gasteiger charge is 2.65. The van der Waals surface area contributed by atoms with Crippen molar-refractivity contribution in [3.05, 3.63) is 23.3 Å². The molecule has 21 heavy (non-hydrogen) atoms. The van der Waals surface area contributed by atoms with Crippen LogP contribution in [0.1, 0.15) is 25.0 Å². The number of anilines is 1. The highest BCUT2D eigenvalue weighted by Crippen LogP contribution is 2.58. The van der Waals surface area contributed by atoms with Crippen molar-refractivity contribution in [1.29, 1.82) is 0 Å². The SMILES string of the molecule is COc1c(C)ccc(NC(=O)C2C(C(=O)O)C2(C)C)c1C. The van der Waals surface area contributed by atoms with Crippen LogP contribution in [0.5, 0.6) is 5.75 Å². The van der Waals surface area contributed by atoms with Crippen LogP contribution in [0.2, 0.25) is 0 Å². The van der Waals surface area contributed by atoms with Crippen LogP contribution in [0.3, 0.4) is 0 Å². The normalized spacial score (nSPS) is 22.5.